The van der Waals surface area contributed by atoms with Crippen LogP contribution in [0.4, 0.5) is 0 Å². The van der Waals surface area contributed by atoms with Crippen LogP contribution in [0.5, 0.6) is 5.75 Å². The highest BCUT2D eigenvalue weighted by atomic mass is 32.2. The fourth-order valence-corrected chi connectivity index (χ4v) is 5.42. The number of hydrogen-bond acceptors (Lipinski definition) is 5. The summed E-state index contributed by atoms with van der Waals surface area (Å²) in [5.41, 5.74) is 0.0168. The van der Waals surface area contributed by atoms with Crippen molar-refractivity contribution in [3.05, 3.63) is 23.8 Å². The van der Waals surface area contributed by atoms with Gasteiger partial charge in [-0.2, -0.15) is 4.31 Å². The van der Waals surface area contributed by atoms with Crippen molar-refractivity contribution in [3.8, 4) is 5.75 Å². The van der Waals surface area contributed by atoms with E-state index < -0.39 is 27.4 Å². The summed E-state index contributed by atoms with van der Waals surface area (Å²) in [7, 11) is -2.35. The van der Waals surface area contributed by atoms with Gasteiger partial charge in [0.15, 0.2) is 0 Å². The van der Waals surface area contributed by atoms with Crippen LogP contribution >= 0.6 is 0 Å². The molecule has 2 heterocycles. The number of hydrogen-bond donors (Lipinski definition) is 2. The number of nitrogens with zero attached hydrogens (tertiary/aromatic N) is 1. The number of aryl methyl sites for hydroxylation is 1. The molecule has 2 N–H and O–H groups in total. The molecule has 2 fully saturated rings. The van der Waals surface area contributed by atoms with Crippen molar-refractivity contribution in [1.29, 1.82) is 0 Å². The number of carboxylic acid groups (broad SMARTS) is 1. The fraction of sp³-hybridized carbons (Fsp3) is 0.529. The lowest BCUT2D eigenvalue weighted by Gasteiger charge is -2.40. The highest BCUT2D eigenvalue weighted by Gasteiger charge is 2.52. The predicted octanol–water partition coefficient (Wildman–Crippen LogP) is 0.748. The van der Waals surface area contributed by atoms with Gasteiger partial charge < -0.3 is 15.2 Å². The maximum atomic E-state index is 13.0. The van der Waals surface area contributed by atoms with Crippen molar-refractivity contribution in [1.82, 2.24) is 9.62 Å². The minimum absolute atomic E-state index is 0.0616. The van der Waals surface area contributed by atoms with E-state index in [0.717, 1.165) is 5.56 Å². The Morgan fingerprint density at radius 2 is 2.00 bits per heavy atom. The molecular formula is C17H22N2O6S. The molecule has 3 rings (SSSR count). The molecule has 1 unspecified atom stereocenters. The van der Waals surface area contributed by atoms with Gasteiger partial charge in [-0.1, -0.05) is 6.07 Å². The van der Waals surface area contributed by atoms with Gasteiger partial charge in [0.05, 0.1) is 18.6 Å². The Bertz CT molecular complexity index is 843. The number of amides is 1. The first-order valence-corrected chi connectivity index (χ1v) is 9.82. The molecule has 1 aromatic rings. The summed E-state index contributed by atoms with van der Waals surface area (Å²) in [6, 6.07) is 4.89. The van der Waals surface area contributed by atoms with Crippen LogP contribution in [-0.2, 0) is 19.6 Å². The van der Waals surface area contributed by atoms with Gasteiger partial charge in [-0.3, -0.25) is 9.59 Å². The van der Waals surface area contributed by atoms with E-state index in [1.807, 2.05) is 6.92 Å². The standard InChI is InChI=1S/C17H22N2O6S/c1-11-3-4-14(13(9-11)25-2)26(23,24)19-7-5-17(6-8-19)12(16(21)22)10-15(20)18-17/h3-4,9,12H,5-8,10H2,1-2H3,(H,18,20)(H,21,22). The van der Waals surface area contributed by atoms with E-state index in [9.17, 15) is 23.1 Å². The Kier molecular flexibility index (Phi) is 4.70. The summed E-state index contributed by atoms with van der Waals surface area (Å²) >= 11 is 0. The Morgan fingerprint density at radius 3 is 2.58 bits per heavy atom. The SMILES string of the molecule is COc1cc(C)ccc1S(=O)(=O)N1CCC2(CC1)NC(=O)CC2C(=O)O. The van der Waals surface area contributed by atoms with Crippen molar-refractivity contribution >= 4 is 21.9 Å². The molecule has 1 atom stereocenters. The van der Waals surface area contributed by atoms with Gasteiger partial charge in [-0.05, 0) is 37.5 Å². The maximum Gasteiger partial charge on any atom is 0.309 e. The molecule has 2 aliphatic rings. The number of benzene rings is 1. The summed E-state index contributed by atoms with van der Waals surface area (Å²) in [4.78, 5) is 23.3. The molecule has 0 radical (unpaired) electrons. The topological polar surface area (TPSA) is 113 Å². The summed E-state index contributed by atoms with van der Waals surface area (Å²) in [6.07, 6.45) is 0.472. The number of nitrogens with one attached hydrogen (secondary N) is 1. The lowest BCUT2D eigenvalue weighted by atomic mass is 9.78. The van der Waals surface area contributed by atoms with Crippen molar-refractivity contribution in [2.24, 2.45) is 5.92 Å². The number of carbonyl (C=O) groups is 2. The second kappa shape index (κ2) is 6.55. The van der Waals surface area contributed by atoms with Gasteiger partial charge in [-0.25, -0.2) is 8.42 Å². The normalized spacial score (nSPS) is 23.0. The van der Waals surface area contributed by atoms with E-state index >= 15 is 0 Å². The summed E-state index contributed by atoms with van der Waals surface area (Å²) < 4.78 is 32.6. The highest BCUT2D eigenvalue weighted by molar-refractivity contribution is 7.89. The van der Waals surface area contributed by atoms with Crippen LogP contribution in [0.1, 0.15) is 24.8 Å². The van der Waals surface area contributed by atoms with Crippen LogP contribution in [0.15, 0.2) is 23.1 Å². The molecule has 0 saturated carbocycles. The highest BCUT2D eigenvalue weighted by Crippen LogP contribution is 2.39. The van der Waals surface area contributed by atoms with Crippen LogP contribution < -0.4 is 10.1 Å². The summed E-state index contributed by atoms with van der Waals surface area (Å²) in [5, 5.41) is 12.2. The average molecular weight is 382 g/mol. The molecule has 0 bridgehead atoms. The second-order valence-electron chi connectivity index (χ2n) is 6.86. The number of rotatable bonds is 4. The van der Waals surface area contributed by atoms with Crippen LogP contribution in [0.3, 0.4) is 0 Å². The number of methoxy groups -OCH3 is 1. The van der Waals surface area contributed by atoms with Crippen molar-refractivity contribution < 1.29 is 27.9 Å². The first kappa shape index (κ1) is 18.7. The van der Waals surface area contributed by atoms with E-state index in [1.54, 1.807) is 12.1 Å². The number of piperidine rings is 1. The molecule has 0 aliphatic carbocycles. The number of carboxylic acids is 1. The number of aliphatic carboxylic acids is 1. The van der Waals surface area contributed by atoms with E-state index in [2.05, 4.69) is 5.32 Å². The number of carbonyl (C=O) groups excluding carboxylic acids is 1. The molecule has 142 valence electrons. The monoisotopic (exact) mass is 382 g/mol. The molecule has 1 aromatic carbocycles. The van der Waals surface area contributed by atoms with E-state index in [0.29, 0.717) is 0 Å². The molecule has 0 aromatic heterocycles. The smallest absolute Gasteiger partial charge is 0.309 e. The lowest BCUT2D eigenvalue weighted by Crippen LogP contribution is -2.56. The maximum absolute atomic E-state index is 13.0. The van der Waals surface area contributed by atoms with Crippen molar-refractivity contribution in [2.75, 3.05) is 20.2 Å². The quantitative estimate of drug-likeness (QED) is 0.794. The van der Waals surface area contributed by atoms with E-state index in [1.165, 1.54) is 17.5 Å². The molecule has 2 saturated heterocycles. The van der Waals surface area contributed by atoms with Gasteiger partial charge in [0.25, 0.3) is 0 Å². The molecule has 26 heavy (non-hydrogen) atoms. The van der Waals surface area contributed by atoms with E-state index in [4.69, 9.17) is 4.74 Å². The third-order valence-corrected chi connectivity index (χ3v) is 7.23. The largest absolute Gasteiger partial charge is 0.495 e. The third kappa shape index (κ3) is 3.05. The van der Waals surface area contributed by atoms with Gasteiger partial charge in [-0.15, -0.1) is 0 Å². The van der Waals surface area contributed by atoms with Crippen LogP contribution in [0, 0.1) is 12.8 Å². The predicted molar refractivity (Wildman–Crippen MR) is 92.3 cm³/mol. The zero-order valence-electron chi connectivity index (χ0n) is 14.7. The van der Waals surface area contributed by atoms with Crippen LogP contribution in [-0.4, -0.2) is 55.4 Å². The van der Waals surface area contributed by atoms with Crippen LogP contribution in [0.2, 0.25) is 0 Å². The van der Waals surface area contributed by atoms with Gasteiger partial charge in [0, 0.05) is 19.5 Å². The molecule has 8 nitrogen and oxygen atoms in total. The molecule has 9 heteroatoms. The van der Waals surface area contributed by atoms with Gasteiger partial charge in [0.2, 0.25) is 15.9 Å². The average Bonchev–Trinajstić information content (AvgIpc) is 2.91. The van der Waals surface area contributed by atoms with Gasteiger partial charge in [0.1, 0.15) is 10.6 Å². The van der Waals surface area contributed by atoms with Gasteiger partial charge >= 0.3 is 5.97 Å². The second-order valence-corrected chi connectivity index (χ2v) is 8.76. The Labute approximate surface area is 152 Å². The summed E-state index contributed by atoms with van der Waals surface area (Å²) in [6.45, 7) is 2.13. The van der Waals surface area contributed by atoms with Crippen LogP contribution in [0.25, 0.3) is 0 Å². The number of sulfonamides is 1. The first-order chi connectivity index (χ1) is 12.2. The first-order valence-electron chi connectivity index (χ1n) is 8.38. The number of ether oxygens (including phenoxy) is 1. The third-order valence-electron chi connectivity index (χ3n) is 5.29. The molecule has 1 amide bonds. The fourth-order valence-electron chi connectivity index (χ4n) is 3.85. The molecular weight excluding hydrogens is 360 g/mol. The Morgan fingerprint density at radius 1 is 1.35 bits per heavy atom. The minimum Gasteiger partial charge on any atom is -0.495 e. The lowest BCUT2D eigenvalue weighted by molar-refractivity contribution is -0.144. The van der Waals surface area contributed by atoms with E-state index in [-0.39, 0.29) is 48.9 Å². The Balaban J connectivity index is 1.84. The molecule has 1 spiro atoms. The molecule has 2 aliphatic heterocycles. The summed E-state index contributed by atoms with van der Waals surface area (Å²) in [5.74, 6) is -1.87. The van der Waals surface area contributed by atoms with Crippen molar-refractivity contribution in [3.63, 3.8) is 0 Å². The zero-order valence-corrected chi connectivity index (χ0v) is 15.5. The zero-order chi connectivity index (χ0) is 19.1. The van der Waals surface area contributed by atoms with Crippen molar-refractivity contribution in [2.45, 2.75) is 36.6 Å². The minimum atomic E-state index is -3.77. The Hall–Kier alpha value is -2.13.